The molecule has 1 fully saturated rings. The molecule has 6 nitrogen and oxygen atoms in total. The first-order chi connectivity index (χ1) is 15.2. The van der Waals surface area contributed by atoms with Crippen molar-refractivity contribution in [2.45, 2.75) is 36.1 Å². The zero-order chi connectivity index (χ0) is 23.0. The Labute approximate surface area is 208 Å². The van der Waals surface area contributed by atoms with Crippen molar-refractivity contribution in [2.75, 3.05) is 6.54 Å². The lowest BCUT2D eigenvalue weighted by molar-refractivity contribution is -0.122. The van der Waals surface area contributed by atoms with E-state index in [0.717, 1.165) is 17.8 Å². The van der Waals surface area contributed by atoms with Crippen LogP contribution in [0.25, 0.3) is 10.2 Å². The molecule has 1 aliphatic heterocycles. The largest absolute Gasteiger partial charge is 0.311 e. The van der Waals surface area contributed by atoms with E-state index in [1.54, 1.807) is 22.8 Å². The van der Waals surface area contributed by atoms with Gasteiger partial charge in [-0.3, -0.25) is 4.79 Å². The third kappa shape index (κ3) is 4.44. The number of halogens is 3. The minimum absolute atomic E-state index is 0.115. The number of benzene rings is 1. The van der Waals surface area contributed by atoms with Crippen molar-refractivity contribution in [1.82, 2.24) is 8.87 Å². The van der Waals surface area contributed by atoms with Gasteiger partial charge in [-0.15, -0.1) is 17.9 Å². The number of thiazole rings is 1. The Hall–Kier alpha value is -1.20. The zero-order valence-electron chi connectivity index (χ0n) is 16.6. The number of hydrogen-bond donors (Lipinski definition) is 0. The zero-order valence-corrected chi connectivity index (χ0v) is 21.3. The molecule has 32 heavy (non-hydrogen) atoms. The van der Waals surface area contributed by atoms with E-state index in [2.05, 4.69) is 11.6 Å². The molecular weight excluding hydrogens is 533 g/mol. The molecule has 0 radical (unpaired) electrons. The summed E-state index contributed by atoms with van der Waals surface area (Å²) in [6.07, 6.45) is 3.48. The van der Waals surface area contributed by atoms with Gasteiger partial charge >= 0.3 is 0 Å². The summed E-state index contributed by atoms with van der Waals surface area (Å²) in [5.41, 5.74) is 0.664. The van der Waals surface area contributed by atoms with E-state index in [1.165, 1.54) is 27.8 Å². The highest BCUT2D eigenvalue weighted by Gasteiger charge is 2.38. The van der Waals surface area contributed by atoms with Gasteiger partial charge in [0.15, 0.2) is 4.80 Å². The summed E-state index contributed by atoms with van der Waals surface area (Å²) in [6, 6.07) is 5.49. The van der Waals surface area contributed by atoms with Gasteiger partial charge in [0, 0.05) is 13.1 Å². The molecule has 1 atom stereocenters. The highest BCUT2D eigenvalue weighted by atomic mass is 35.5. The Morgan fingerprint density at radius 1 is 1.16 bits per heavy atom. The van der Waals surface area contributed by atoms with Crippen LogP contribution in [0.5, 0.6) is 0 Å². The Bertz CT molecular complexity index is 1370. The topological polar surface area (TPSA) is 71.7 Å². The van der Waals surface area contributed by atoms with Gasteiger partial charge in [-0.2, -0.15) is 9.30 Å². The first-order valence-electron chi connectivity index (χ1n) is 9.68. The fourth-order valence-corrected chi connectivity index (χ4v) is 8.58. The highest BCUT2D eigenvalue weighted by Crippen LogP contribution is 2.33. The Morgan fingerprint density at radius 3 is 2.59 bits per heavy atom. The monoisotopic (exact) mass is 549 g/mol. The summed E-state index contributed by atoms with van der Waals surface area (Å²) in [5, 5.41) is 0.977. The lowest BCUT2D eigenvalue weighted by atomic mass is 10.0. The summed E-state index contributed by atoms with van der Waals surface area (Å²) in [6.45, 7) is 4.39. The molecule has 0 aliphatic carbocycles. The van der Waals surface area contributed by atoms with E-state index in [4.69, 9.17) is 34.8 Å². The number of hydrogen-bond acceptors (Lipinski definition) is 5. The van der Waals surface area contributed by atoms with Gasteiger partial charge in [-0.1, -0.05) is 58.6 Å². The minimum Gasteiger partial charge on any atom is -0.311 e. The van der Waals surface area contributed by atoms with E-state index in [0.29, 0.717) is 48.8 Å². The summed E-state index contributed by atoms with van der Waals surface area (Å²) < 4.78 is 30.6. The number of sulfonamides is 1. The van der Waals surface area contributed by atoms with Crippen LogP contribution in [-0.4, -0.2) is 35.8 Å². The summed E-state index contributed by atoms with van der Waals surface area (Å²) in [4.78, 5) is 18.0. The fraction of sp³-hybridized carbons (Fsp3) is 0.300. The number of piperidine rings is 1. The third-order valence-electron chi connectivity index (χ3n) is 5.10. The normalized spacial score (nSPS) is 18.3. The first kappa shape index (κ1) is 23.9. The molecule has 1 unspecified atom stereocenters. The number of rotatable bonds is 5. The maximum atomic E-state index is 13.3. The molecule has 0 spiro atoms. The third-order valence-corrected chi connectivity index (χ3v) is 10.5. The van der Waals surface area contributed by atoms with Crippen LogP contribution in [0.4, 0.5) is 0 Å². The van der Waals surface area contributed by atoms with Crippen LogP contribution in [0.3, 0.4) is 0 Å². The van der Waals surface area contributed by atoms with Gasteiger partial charge in [0.2, 0.25) is 0 Å². The van der Waals surface area contributed by atoms with E-state index in [-0.39, 0.29) is 10.8 Å². The average molecular weight is 551 g/mol. The first-order valence-corrected chi connectivity index (χ1v) is 13.9. The van der Waals surface area contributed by atoms with Crippen LogP contribution in [-0.2, 0) is 21.4 Å². The molecule has 0 saturated carbocycles. The molecule has 3 aromatic rings. The molecule has 4 rings (SSSR count). The number of allylic oxidation sites excluding steroid dienone is 1. The highest BCUT2D eigenvalue weighted by molar-refractivity contribution is 7.91. The number of fused-ring (bicyclic) bond motifs is 1. The molecule has 3 heterocycles. The lowest BCUT2D eigenvalue weighted by Gasteiger charge is -2.31. The Kier molecular flexibility index (Phi) is 7.17. The van der Waals surface area contributed by atoms with Crippen molar-refractivity contribution in [1.29, 1.82) is 0 Å². The number of carbonyl (C=O) groups excluding carboxylic acids is 1. The molecule has 1 amide bonds. The maximum Gasteiger partial charge on any atom is 0.266 e. The van der Waals surface area contributed by atoms with Crippen molar-refractivity contribution in [3.8, 4) is 0 Å². The average Bonchev–Trinajstić information content (AvgIpc) is 3.36. The second-order valence-corrected chi connectivity index (χ2v) is 12.8. The quantitative estimate of drug-likeness (QED) is 0.389. The maximum absolute atomic E-state index is 13.3. The smallest absolute Gasteiger partial charge is 0.266 e. The molecule has 170 valence electrons. The Balaban J connectivity index is 1.79. The lowest BCUT2D eigenvalue weighted by Crippen LogP contribution is -2.47. The summed E-state index contributed by atoms with van der Waals surface area (Å²) in [7, 11) is -3.86. The van der Waals surface area contributed by atoms with Crippen LogP contribution >= 0.6 is 57.5 Å². The van der Waals surface area contributed by atoms with Gasteiger partial charge in [0.05, 0.1) is 24.6 Å². The van der Waals surface area contributed by atoms with Crippen LogP contribution in [0.1, 0.15) is 19.3 Å². The predicted molar refractivity (Wildman–Crippen MR) is 131 cm³/mol. The molecule has 0 N–H and O–H groups in total. The van der Waals surface area contributed by atoms with Gasteiger partial charge < -0.3 is 4.57 Å². The molecule has 1 aliphatic rings. The van der Waals surface area contributed by atoms with Crippen molar-refractivity contribution >= 4 is 83.6 Å². The molecule has 1 saturated heterocycles. The molecule has 2 aromatic heterocycles. The van der Waals surface area contributed by atoms with Crippen LogP contribution < -0.4 is 4.80 Å². The molecule has 12 heteroatoms. The fourth-order valence-electron chi connectivity index (χ4n) is 3.65. The van der Waals surface area contributed by atoms with Gasteiger partial charge in [0.25, 0.3) is 15.9 Å². The SMILES string of the molecule is C=CCn1c(=NC(=O)C2CCCCN2S(=O)(=O)c2ccc(Cl)s2)sc2c(Cl)ccc(Cl)c21. The van der Waals surface area contributed by atoms with Crippen molar-refractivity contribution in [3.05, 3.63) is 56.1 Å². The number of amides is 1. The van der Waals surface area contributed by atoms with Crippen molar-refractivity contribution < 1.29 is 13.2 Å². The molecule has 1 aromatic carbocycles. The second-order valence-electron chi connectivity index (χ2n) is 7.13. The van der Waals surface area contributed by atoms with Gasteiger partial charge in [-0.05, 0) is 37.1 Å². The van der Waals surface area contributed by atoms with Crippen molar-refractivity contribution in [3.63, 3.8) is 0 Å². The standard InChI is InChI=1S/C20H18Cl3N3O3S3/c1-2-10-25-17-12(21)6-7-13(22)18(17)31-20(25)24-19(27)14-5-3-4-11-26(14)32(28,29)16-9-8-15(23)30-16/h2,6-9,14H,1,3-5,10-11H2. The van der Waals surface area contributed by atoms with Crippen LogP contribution in [0.2, 0.25) is 14.4 Å². The van der Waals surface area contributed by atoms with Gasteiger partial charge in [0.1, 0.15) is 10.3 Å². The number of thiophene rings is 1. The summed E-state index contributed by atoms with van der Waals surface area (Å²) in [5.74, 6) is -0.521. The van der Waals surface area contributed by atoms with Crippen LogP contribution in [0.15, 0.2) is 46.1 Å². The Morgan fingerprint density at radius 2 is 1.91 bits per heavy atom. The van der Waals surface area contributed by atoms with Crippen molar-refractivity contribution in [2.24, 2.45) is 4.99 Å². The van der Waals surface area contributed by atoms with E-state index >= 15 is 0 Å². The van der Waals surface area contributed by atoms with E-state index in [9.17, 15) is 13.2 Å². The minimum atomic E-state index is -3.86. The number of aromatic nitrogens is 1. The van der Waals surface area contributed by atoms with Gasteiger partial charge in [-0.25, -0.2) is 8.42 Å². The van der Waals surface area contributed by atoms with Crippen LogP contribution in [0, 0.1) is 0 Å². The second kappa shape index (κ2) is 9.58. The van der Waals surface area contributed by atoms with E-state index < -0.39 is 22.0 Å². The summed E-state index contributed by atoms with van der Waals surface area (Å²) >= 11 is 20.9. The predicted octanol–water partition coefficient (Wildman–Crippen LogP) is 5.58. The molecule has 0 bridgehead atoms. The number of carbonyl (C=O) groups is 1. The van der Waals surface area contributed by atoms with E-state index in [1.807, 2.05) is 0 Å². The number of nitrogens with zero attached hydrogens (tertiary/aromatic N) is 3. The molecular formula is C20H18Cl3N3O3S3.